The van der Waals surface area contributed by atoms with E-state index in [9.17, 15) is 0 Å². The Kier molecular flexibility index (Phi) is 7.04. The zero-order chi connectivity index (χ0) is 29.2. The third-order valence-electron chi connectivity index (χ3n) is 7.66. The summed E-state index contributed by atoms with van der Waals surface area (Å²) < 4.78 is 16.4. The maximum absolute atomic E-state index is 6.42. The van der Waals surface area contributed by atoms with Gasteiger partial charge in [-0.25, -0.2) is 9.36 Å². The smallest absolute Gasteiger partial charge is 0.162 e. The van der Waals surface area contributed by atoms with Gasteiger partial charge in [0.25, 0.3) is 0 Å². The summed E-state index contributed by atoms with van der Waals surface area (Å²) in [6.07, 6.45) is 11.8. The van der Waals surface area contributed by atoms with Crippen LogP contribution in [0.4, 0.5) is 5.69 Å². The number of anilines is 1. The van der Waals surface area contributed by atoms with E-state index in [0.29, 0.717) is 24.7 Å². The number of hydrogen-bond acceptors (Lipinski definition) is 7. The lowest BCUT2D eigenvalue weighted by molar-refractivity contribution is 0.251. The first kappa shape index (κ1) is 26.5. The molecule has 0 amide bonds. The highest BCUT2D eigenvalue weighted by Gasteiger charge is 2.24. The normalized spacial score (nSPS) is 12.1. The molecule has 0 aliphatic carbocycles. The summed E-state index contributed by atoms with van der Waals surface area (Å²) in [7, 11) is 2.15. The third kappa shape index (κ3) is 5.32. The lowest BCUT2D eigenvalue weighted by Crippen LogP contribution is -2.23. The number of para-hydroxylation sites is 1. The third-order valence-corrected chi connectivity index (χ3v) is 7.66. The molecule has 0 radical (unpaired) electrons. The molecular weight excluding hydrogens is 538 g/mol. The van der Waals surface area contributed by atoms with Gasteiger partial charge in [-0.2, -0.15) is 10.2 Å². The molecule has 0 saturated carbocycles. The molecule has 0 unspecified atom stereocenters. The largest absolute Gasteiger partial charge is 0.483 e. The minimum atomic E-state index is 0.299. The van der Waals surface area contributed by atoms with Gasteiger partial charge in [-0.1, -0.05) is 25.1 Å². The maximum atomic E-state index is 6.42. The minimum absolute atomic E-state index is 0.299. The van der Waals surface area contributed by atoms with Crippen LogP contribution in [0.25, 0.3) is 22.5 Å². The molecular formula is C34H31N7O2. The van der Waals surface area contributed by atoms with Crippen molar-refractivity contribution in [2.75, 3.05) is 11.9 Å². The fourth-order valence-corrected chi connectivity index (χ4v) is 5.51. The zero-order valence-corrected chi connectivity index (χ0v) is 24.1. The molecule has 9 nitrogen and oxygen atoms in total. The van der Waals surface area contributed by atoms with Crippen molar-refractivity contribution in [3.05, 3.63) is 126 Å². The van der Waals surface area contributed by atoms with Gasteiger partial charge in [0.2, 0.25) is 0 Å². The Bertz CT molecular complexity index is 1830. The van der Waals surface area contributed by atoms with Crippen molar-refractivity contribution in [2.45, 2.75) is 33.1 Å². The van der Waals surface area contributed by atoms with Gasteiger partial charge >= 0.3 is 0 Å². The van der Waals surface area contributed by atoms with Gasteiger partial charge in [0, 0.05) is 49.6 Å². The Morgan fingerprint density at radius 3 is 1.88 bits per heavy atom. The van der Waals surface area contributed by atoms with Crippen LogP contribution in [0.5, 0.6) is 11.5 Å². The summed E-state index contributed by atoms with van der Waals surface area (Å²) in [5.74, 6) is 1.34. The lowest BCUT2D eigenvalue weighted by atomic mass is 9.90. The fraction of sp³-hybridized carbons (Fsp3) is 0.176. The van der Waals surface area contributed by atoms with Gasteiger partial charge in [-0.3, -0.25) is 9.97 Å². The highest BCUT2D eigenvalue weighted by molar-refractivity contribution is 5.86. The second-order valence-electron chi connectivity index (χ2n) is 10.5. The first-order chi connectivity index (χ1) is 21.2. The highest BCUT2D eigenvalue weighted by atomic mass is 16.5. The molecule has 0 bridgehead atoms. The summed E-state index contributed by atoms with van der Waals surface area (Å²) in [6, 6.07) is 22.4. The van der Waals surface area contributed by atoms with Crippen molar-refractivity contribution in [3.63, 3.8) is 0 Å². The fourth-order valence-electron chi connectivity index (χ4n) is 5.51. The van der Waals surface area contributed by atoms with Crippen LogP contribution in [-0.4, -0.2) is 36.6 Å². The van der Waals surface area contributed by atoms with Crippen molar-refractivity contribution in [1.82, 2.24) is 29.5 Å². The summed E-state index contributed by atoms with van der Waals surface area (Å²) in [5.41, 5.74) is 9.57. The van der Waals surface area contributed by atoms with E-state index in [1.807, 2.05) is 48.8 Å². The summed E-state index contributed by atoms with van der Waals surface area (Å²) in [5, 5.41) is 8.55. The van der Waals surface area contributed by atoms with Crippen LogP contribution in [0, 0.1) is 0 Å². The number of nitrogens with zero attached hydrogens (tertiary/aromatic N) is 7. The number of pyridine rings is 2. The molecule has 0 N–H and O–H groups in total. The topological polar surface area (TPSA) is 83.1 Å². The van der Waals surface area contributed by atoms with Crippen LogP contribution in [0.1, 0.15) is 29.4 Å². The second kappa shape index (κ2) is 11.4. The highest BCUT2D eigenvalue weighted by Crippen LogP contribution is 2.45. The van der Waals surface area contributed by atoms with E-state index in [4.69, 9.17) is 9.47 Å². The van der Waals surface area contributed by atoms with Crippen molar-refractivity contribution < 1.29 is 9.47 Å². The van der Waals surface area contributed by atoms with Crippen LogP contribution >= 0.6 is 0 Å². The quantitative estimate of drug-likeness (QED) is 0.205. The monoisotopic (exact) mass is 569 g/mol. The molecule has 1 aliphatic heterocycles. The average molecular weight is 570 g/mol. The predicted octanol–water partition coefficient (Wildman–Crippen LogP) is 6.19. The van der Waals surface area contributed by atoms with Crippen molar-refractivity contribution in [1.29, 1.82) is 0 Å². The summed E-state index contributed by atoms with van der Waals surface area (Å²) in [4.78, 5) is 11.5. The van der Waals surface area contributed by atoms with Crippen LogP contribution in [-0.2, 0) is 26.2 Å². The van der Waals surface area contributed by atoms with Crippen molar-refractivity contribution in [2.24, 2.45) is 0 Å². The van der Waals surface area contributed by atoms with Gasteiger partial charge in [0.05, 0.1) is 35.2 Å². The molecule has 4 aromatic heterocycles. The van der Waals surface area contributed by atoms with Crippen LogP contribution < -0.4 is 14.4 Å². The number of benzene rings is 2. The first-order valence-corrected chi connectivity index (χ1v) is 14.3. The van der Waals surface area contributed by atoms with E-state index in [1.165, 1.54) is 22.4 Å². The number of ether oxygens (including phenoxy) is 2. The molecule has 0 spiro atoms. The van der Waals surface area contributed by atoms with E-state index >= 15 is 0 Å². The lowest BCUT2D eigenvalue weighted by Gasteiger charge is -2.32. The van der Waals surface area contributed by atoms with Gasteiger partial charge in [0.15, 0.2) is 11.5 Å². The molecule has 214 valence electrons. The van der Waals surface area contributed by atoms with Gasteiger partial charge < -0.3 is 14.4 Å². The minimum Gasteiger partial charge on any atom is -0.483 e. The van der Waals surface area contributed by atoms with E-state index in [1.54, 1.807) is 34.2 Å². The van der Waals surface area contributed by atoms with Gasteiger partial charge in [-0.05, 0) is 71.6 Å². The van der Waals surface area contributed by atoms with Crippen molar-refractivity contribution >= 4 is 5.69 Å². The summed E-state index contributed by atoms with van der Waals surface area (Å²) in [6.45, 7) is 3.58. The van der Waals surface area contributed by atoms with Gasteiger partial charge in [0.1, 0.15) is 13.2 Å². The molecule has 43 heavy (non-hydrogen) atoms. The molecule has 5 heterocycles. The van der Waals surface area contributed by atoms with Gasteiger partial charge in [-0.15, -0.1) is 0 Å². The Morgan fingerprint density at radius 1 is 0.721 bits per heavy atom. The molecule has 9 heteroatoms. The van der Waals surface area contributed by atoms with E-state index in [-0.39, 0.29) is 0 Å². The van der Waals surface area contributed by atoms with Crippen LogP contribution in [0.2, 0.25) is 0 Å². The Morgan fingerprint density at radius 2 is 1.35 bits per heavy atom. The molecule has 7 rings (SSSR count). The first-order valence-electron chi connectivity index (χ1n) is 14.3. The Hall–Kier alpha value is -5.44. The predicted molar refractivity (Wildman–Crippen MR) is 165 cm³/mol. The number of aryl methyl sites for hydroxylation is 1. The molecule has 0 atom stereocenters. The molecule has 0 saturated heterocycles. The van der Waals surface area contributed by atoms with Crippen molar-refractivity contribution in [3.8, 4) is 34.0 Å². The molecule has 6 aromatic rings. The Balaban J connectivity index is 1.18. The standard InChI is InChI=1S/C34H31N7O2/c1-3-24-7-4-8-30-31-18-33(43-23-27-10-12-29(20-36-27)41-16-6-14-38-41)32(17-25(31)21-39(2)34(24)30)42-22-26-9-11-28(19-35-26)40-15-5-13-37-40/h4-20H,3,21-23H2,1-2H3. The molecule has 0 fully saturated rings. The average Bonchev–Trinajstić information content (AvgIpc) is 3.79. The van der Waals surface area contributed by atoms with Crippen LogP contribution in [0.3, 0.4) is 0 Å². The maximum Gasteiger partial charge on any atom is 0.162 e. The van der Waals surface area contributed by atoms with E-state index < -0.39 is 0 Å². The second-order valence-corrected chi connectivity index (χ2v) is 10.5. The van der Waals surface area contributed by atoms with E-state index in [0.717, 1.165) is 41.3 Å². The number of aromatic nitrogens is 6. The molecule has 2 aromatic carbocycles. The van der Waals surface area contributed by atoms with E-state index in [2.05, 4.69) is 69.4 Å². The molecule has 1 aliphatic rings. The zero-order valence-electron chi connectivity index (χ0n) is 24.1. The summed E-state index contributed by atoms with van der Waals surface area (Å²) >= 11 is 0. The number of fused-ring (bicyclic) bond motifs is 3. The van der Waals surface area contributed by atoms with Crippen LogP contribution in [0.15, 0.2) is 104 Å². The SMILES string of the molecule is CCc1cccc2c1N(C)Cc1cc(OCc3ccc(-n4cccn4)cn3)c(OCc3ccc(-n4cccn4)cn3)cc1-2. The number of rotatable bonds is 9. The number of hydrogen-bond donors (Lipinski definition) is 0. The Labute approximate surface area is 250 Å².